The average Bonchev–Trinajstić information content (AvgIpc) is 1.52. The summed E-state index contributed by atoms with van der Waals surface area (Å²) < 4.78 is 119. The maximum absolute atomic E-state index is 14.7. The van der Waals surface area contributed by atoms with Crippen molar-refractivity contribution in [2.45, 2.75) is 134 Å². The van der Waals surface area contributed by atoms with Crippen molar-refractivity contribution in [2.24, 2.45) is 5.41 Å². The van der Waals surface area contributed by atoms with Crippen molar-refractivity contribution in [3.63, 3.8) is 0 Å². The van der Waals surface area contributed by atoms with E-state index in [1.165, 1.54) is 12.4 Å². The first kappa shape index (κ1) is 82.9. The molecule has 12 aromatic rings. The summed E-state index contributed by atoms with van der Waals surface area (Å²) >= 11 is 24.2. The quantitative estimate of drug-likeness (QED) is 0.0360. The molecule has 2 saturated heterocycles. The first-order valence-electron chi connectivity index (χ1n) is 37.1. The lowest BCUT2D eigenvalue weighted by Gasteiger charge is -2.36. The number of alkyl halides is 6. The molecule has 4 aliphatic rings. The predicted octanol–water partition coefficient (Wildman–Crippen LogP) is 16.4. The first-order chi connectivity index (χ1) is 55.6. The average molecular weight is 1700 g/mol. The molecule has 0 unspecified atom stereocenters. The summed E-state index contributed by atoms with van der Waals surface area (Å²) in [7, 11) is 0. The number of pyridine rings is 4. The van der Waals surface area contributed by atoms with Crippen molar-refractivity contribution in [3.8, 4) is 45.6 Å². The zero-order valence-corrected chi connectivity index (χ0v) is 64.9. The van der Waals surface area contributed by atoms with E-state index in [0.717, 1.165) is 78.6 Å². The number of fused-ring (bicyclic) bond motifs is 4. The molecule has 0 spiro atoms. The highest BCUT2D eigenvalue weighted by atomic mass is 35.5. The van der Waals surface area contributed by atoms with Crippen LogP contribution in [0.4, 0.5) is 57.0 Å². The second kappa shape index (κ2) is 35.5. The van der Waals surface area contributed by atoms with Crippen molar-refractivity contribution in [1.29, 1.82) is 0 Å². The summed E-state index contributed by atoms with van der Waals surface area (Å²) in [6.45, 7) is 3.43. The van der Waals surface area contributed by atoms with E-state index in [1.54, 1.807) is 60.3 Å². The Morgan fingerprint density at radius 1 is 0.483 bits per heavy atom. The number of aromatic nitrogens is 16. The van der Waals surface area contributed by atoms with E-state index in [0.29, 0.717) is 141 Å². The van der Waals surface area contributed by atoms with Crippen LogP contribution in [0.1, 0.15) is 112 Å². The molecule has 116 heavy (non-hydrogen) atoms. The van der Waals surface area contributed by atoms with Crippen molar-refractivity contribution in [1.82, 2.24) is 101 Å². The van der Waals surface area contributed by atoms with Gasteiger partial charge in [-0.15, -0.1) is 0 Å². The Morgan fingerprint density at radius 2 is 0.897 bits per heavy atom. The number of rotatable bonds is 18. The van der Waals surface area contributed by atoms with Crippen LogP contribution in [0.15, 0.2) is 105 Å². The zero-order valence-electron chi connectivity index (χ0n) is 61.9. The smallest absolute Gasteiger partial charge is 0.355 e. The number of anilines is 3. The van der Waals surface area contributed by atoms with E-state index in [9.17, 15) is 58.7 Å². The molecule has 620 valence electrons. The van der Waals surface area contributed by atoms with Gasteiger partial charge >= 0.3 is 12.4 Å². The summed E-state index contributed by atoms with van der Waals surface area (Å²) in [5.74, 6) is -1.81. The van der Waals surface area contributed by atoms with Gasteiger partial charge in [0.25, 0.3) is 0 Å². The first-order valence-corrected chi connectivity index (χ1v) is 38.6. The summed E-state index contributed by atoms with van der Waals surface area (Å²) in [5.41, 5.74) is 2.48. The molecule has 0 bridgehead atoms. The number of amides is 4. The Balaban J connectivity index is 0.000000221. The number of nitrogens with zero attached hydrogens (tertiary/aromatic N) is 14. The molecule has 9 N–H and O–H groups in total. The lowest BCUT2D eigenvalue weighted by molar-refractivity contribution is -0.146. The lowest BCUT2D eigenvalue weighted by Crippen LogP contribution is -2.52. The fourth-order valence-electron chi connectivity index (χ4n) is 14.8. The standard InChI is InChI=1S/C21H20ClF4N5O.C19H17ClF4N6O.C18H18ClFN6O.C18H19ClN6O.6H2/c22-12-6-13-14(9-28-17(13)27-8-12)18-29-10-15(23)16(31-18)7-20(4-2-1-3-5-20)19(32)30-11-21(24,25)26;20-10-5-11-12(7-26-14(11)25-6-10)15-27-8-13(21)16(29-15)30-18(3-1-2-4-18)17(31)28-9-19(22,23)24;1-2-21-18(27)14-4-3-5-26(14)17-13(20)9-24-16(25-17)12-8-23-15-11(12)6-10(19)7-22-15;1-2-20-18(26)14-4-3-7-25(14)15-5-6-21-17(24-15)13-10-23-16-12(13)8-11(19)9-22-16;;;;;;/h6,8-10H,1-5,7,11H2,(H,27,28)(H,30,32);5-8H,1-4,9H2,(H,25,26)(H,28,31)(H,27,29,30);6-9,14H,2-5H2,1H3,(H,21,27)(H,22,23);5-6,8-10,14H,2-4,7H2,1H3,(H,20,26)(H,22,23);6*1H/t;;2*14-;;;;;;/m..11....../s1. The fraction of sp³-hybridized carbons (Fsp3) is 0.368. The fourth-order valence-corrected chi connectivity index (χ4v) is 15.4. The topological polar surface area (TPSA) is 353 Å². The van der Waals surface area contributed by atoms with Gasteiger partial charge in [0.1, 0.15) is 59.1 Å². The molecule has 2 saturated carbocycles. The molecule has 2 aliphatic carbocycles. The molecular weight excluding hydrogens is 1610 g/mol. The molecule has 27 nitrogen and oxygen atoms in total. The summed E-state index contributed by atoms with van der Waals surface area (Å²) in [6, 6.07) is 8.17. The van der Waals surface area contributed by atoms with E-state index in [1.807, 2.05) is 42.8 Å². The number of likely N-dealkylation sites (N-methyl/N-ethyl adjacent to an activating group) is 2. The van der Waals surface area contributed by atoms with Crippen LogP contribution in [0.25, 0.3) is 89.7 Å². The number of hydrogen-bond acceptors (Lipinski definition) is 19. The molecule has 40 heteroatoms. The largest absolute Gasteiger partial charge is 0.405 e. The molecule has 12 aromatic heterocycles. The summed E-state index contributed by atoms with van der Waals surface area (Å²) in [6.07, 6.45) is 16.4. The zero-order chi connectivity index (χ0) is 82.2. The Hall–Kier alpha value is -11.1. The van der Waals surface area contributed by atoms with Gasteiger partial charge in [-0.3, -0.25) is 19.2 Å². The minimum absolute atomic E-state index is 0. The lowest BCUT2D eigenvalue weighted by atomic mass is 9.70. The van der Waals surface area contributed by atoms with E-state index in [4.69, 9.17) is 51.4 Å². The van der Waals surface area contributed by atoms with E-state index in [-0.39, 0.29) is 74.7 Å². The molecule has 14 heterocycles. The van der Waals surface area contributed by atoms with Gasteiger partial charge in [0, 0.05) is 141 Å². The second-order valence-corrected chi connectivity index (χ2v) is 29.8. The maximum atomic E-state index is 14.7. The minimum Gasteiger partial charge on any atom is -0.355 e. The van der Waals surface area contributed by atoms with Crippen molar-refractivity contribution in [3.05, 3.63) is 148 Å². The molecular formula is C76H86Cl4F9N23O4. The number of hydrogen-bond donors (Lipinski definition) is 9. The molecule has 4 amide bonds. The monoisotopic (exact) mass is 1700 g/mol. The van der Waals surface area contributed by atoms with Gasteiger partial charge in [-0.2, -0.15) is 26.3 Å². The number of carbonyl (C=O) groups is 4. The number of halogens is 13. The van der Waals surface area contributed by atoms with Crippen LogP contribution in [0.5, 0.6) is 0 Å². The van der Waals surface area contributed by atoms with Gasteiger partial charge in [-0.25, -0.2) is 73.0 Å². The third-order valence-electron chi connectivity index (χ3n) is 20.2. The van der Waals surface area contributed by atoms with Gasteiger partial charge in [-0.1, -0.05) is 78.5 Å². The Kier molecular flexibility index (Phi) is 25.4. The highest BCUT2D eigenvalue weighted by Gasteiger charge is 2.45. The van der Waals surface area contributed by atoms with Gasteiger partial charge in [0.05, 0.1) is 49.8 Å². The third kappa shape index (κ3) is 19.0. The van der Waals surface area contributed by atoms with E-state index >= 15 is 0 Å². The van der Waals surface area contributed by atoms with Crippen molar-refractivity contribution < 1.29 is 67.3 Å². The van der Waals surface area contributed by atoms with Crippen LogP contribution in [0.2, 0.25) is 20.1 Å². The van der Waals surface area contributed by atoms with Crippen LogP contribution in [-0.4, -0.2) is 173 Å². The highest BCUT2D eigenvalue weighted by Crippen LogP contribution is 2.42. The van der Waals surface area contributed by atoms with Crippen LogP contribution < -0.4 is 36.4 Å². The maximum Gasteiger partial charge on any atom is 0.405 e. The van der Waals surface area contributed by atoms with E-state index in [2.05, 4.69) is 95.6 Å². The molecule has 16 rings (SSSR count). The minimum atomic E-state index is -4.55. The number of nitrogens with one attached hydrogen (secondary N) is 9. The van der Waals surface area contributed by atoms with Crippen LogP contribution in [-0.2, 0) is 25.6 Å². The van der Waals surface area contributed by atoms with Gasteiger partial charge in [-0.05, 0) is 95.5 Å². The predicted molar refractivity (Wildman–Crippen MR) is 431 cm³/mol. The third-order valence-corrected chi connectivity index (χ3v) is 21.0. The van der Waals surface area contributed by atoms with Gasteiger partial charge in [0.2, 0.25) is 23.6 Å². The van der Waals surface area contributed by atoms with Gasteiger partial charge in [0.15, 0.2) is 52.4 Å². The number of carbonyl (C=O) groups excluding carboxylic acids is 4. The normalized spacial score (nSPS) is 16.5. The molecule has 2 aliphatic heterocycles. The van der Waals surface area contributed by atoms with Crippen molar-refractivity contribution >= 4 is 132 Å². The number of H-pyrrole nitrogens is 4. The highest BCUT2D eigenvalue weighted by molar-refractivity contribution is 6.32. The van der Waals surface area contributed by atoms with Crippen LogP contribution in [0, 0.1) is 22.9 Å². The van der Waals surface area contributed by atoms with Crippen LogP contribution >= 0.6 is 46.4 Å². The molecule has 4 fully saturated rings. The molecule has 0 radical (unpaired) electrons. The SMILES string of the molecule is CCNC(=O)[C@H]1CCCN1c1ccnc(-c2c[nH]c3ncc(Cl)cc23)n1.CCNC(=O)[C@H]1CCCN1c1nc(-c2c[nH]c3ncc(Cl)cc23)ncc1F.O=C(NCC(F)(F)F)C1(Cc2nc(-c3c[nH]c4ncc(Cl)cc34)ncc2F)CCCCC1.O=C(NCC(F)(F)F)C1(Nc2nc(-c3c[nH]c4ncc(Cl)cc34)ncc2F)CCCC1.[HH].[HH].[HH].[HH].[HH].[HH]. The Bertz CT molecular complexity index is 5620. The van der Waals surface area contributed by atoms with Gasteiger partial charge < -0.3 is 56.3 Å². The van der Waals surface area contributed by atoms with E-state index < -0.39 is 71.7 Å². The summed E-state index contributed by atoms with van der Waals surface area (Å²) in [5, 5.41) is 17.1. The van der Waals surface area contributed by atoms with Crippen LogP contribution in [0.3, 0.4) is 0 Å². The second-order valence-electron chi connectivity index (χ2n) is 28.0. The molecule has 0 aromatic carbocycles. The summed E-state index contributed by atoms with van der Waals surface area (Å²) in [4.78, 5) is 117. The molecule has 2 atom stereocenters. The number of aromatic amines is 4. The Morgan fingerprint density at radius 3 is 1.37 bits per heavy atom. The Labute approximate surface area is 683 Å². The van der Waals surface area contributed by atoms with Crippen molar-refractivity contribution in [2.75, 3.05) is 54.4 Å².